The maximum absolute atomic E-state index is 12.8. The molecule has 3 heterocycles. The zero-order valence-corrected chi connectivity index (χ0v) is 15.4. The first kappa shape index (κ1) is 17.8. The number of aliphatic hydroxyl groups excluding tert-OH is 1. The molecule has 0 spiro atoms. The van der Waals surface area contributed by atoms with Gasteiger partial charge in [-0.1, -0.05) is 20.8 Å². The quantitative estimate of drug-likeness (QED) is 0.905. The van der Waals surface area contributed by atoms with Crippen LogP contribution in [0.15, 0.2) is 18.3 Å². The summed E-state index contributed by atoms with van der Waals surface area (Å²) in [5, 5.41) is 18.3. The Kier molecular flexibility index (Phi) is 4.79. The summed E-state index contributed by atoms with van der Waals surface area (Å²) in [6, 6.07) is 3.63. The fraction of sp³-hybridized carbons (Fsp3) is 0.611. The Morgan fingerprint density at radius 3 is 2.52 bits per heavy atom. The highest BCUT2D eigenvalue weighted by Gasteiger charge is 2.28. The number of aryl methyl sites for hydroxylation is 1. The van der Waals surface area contributed by atoms with Crippen molar-refractivity contribution in [2.45, 2.75) is 33.8 Å². The fourth-order valence-corrected chi connectivity index (χ4v) is 2.97. The molecule has 1 amide bonds. The highest BCUT2D eigenvalue weighted by atomic mass is 16.3. The summed E-state index contributed by atoms with van der Waals surface area (Å²) in [5.74, 6) is 0.802. The van der Waals surface area contributed by atoms with Crippen LogP contribution in [0.5, 0.6) is 0 Å². The Bertz CT molecular complexity index is 756. The van der Waals surface area contributed by atoms with Crippen molar-refractivity contribution in [1.29, 1.82) is 0 Å². The zero-order valence-electron chi connectivity index (χ0n) is 15.4. The first-order valence-corrected chi connectivity index (χ1v) is 8.77. The molecular weight excluding hydrogens is 318 g/mol. The molecule has 1 aliphatic heterocycles. The Hall–Kier alpha value is -1.99. The molecule has 0 radical (unpaired) electrons. The molecule has 0 aromatic carbocycles. The van der Waals surface area contributed by atoms with E-state index in [2.05, 4.69) is 15.1 Å². The largest absolute Gasteiger partial charge is 0.391 e. The highest BCUT2D eigenvalue weighted by molar-refractivity contribution is 5.94. The van der Waals surface area contributed by atoms with E-state index in [-0.39, 0.29) is 17.4 Å². The summed E-state index contributed by atoms with van der Waals surface area (Å²) in [7, 11) is 0. The molecule has 2 aromatic heterocycles. The van der Waals surface area contributed by atoms with Crippen LogP contribution in [0.4, 0.5) is 0 Å². The van der Waals surface area contributed by atoms with Crippen LogP contribution in [0.3, 0.4) is 0 Å². The number of aromatic nitrogens is 3. The molecule has 0 saturated carbocycles. The minimum atomic E-state index is -0.367. The predicted molar refractivity (Wildman–Crippen MR) is 95.5 cm³/mol. The molecule has 7 heteroatoms. The molecule has 1 aliphatic rings. The summed E-state index contributed by atoms with van der Waals surface area (Å²) >= 11 is 0. The van der Waals surface area contributed by atoms with Gasteiger partial charge in [0.05, 0.1) is 11.7 Å². The molecule has 1 unspecified atom stereocenters. The number of hydrogen-bond donors (Lipinski definition) is 1. The van der Waals surface area contributed by atoms with Crippen molar-refractivity contribution >= 4 is 11.6 Å². The average Bonchev–Trinajstić information content (AvgIpc) is 2.95. The molecule has 136 valence electrons. The van der Waals surface area contributed by atoms with Gasteiger partial charge in [0.1, 0.15) is 5.82 Å². The van der Waals surface area contributed by atoms with Gasteiger partial charge in [-0.3, -0.25) is 14.1 Å². The standard InChI is InChI=1S/C18H27N5O2/c1-13-19-20-16-6-5-14(11-23(13)16)17(25)22-9-7-21(8-10-22)12-15(24)18(2,3)4/h5-6,11,15,24H,7-10,12H2,1-4H3. The molecule has 7 nitrogen and oxygen atoms in total. The van der Waals surface area contributed by atoms with E-state index in [1.807, 2.05) is 55.3 Å². The Morgan fingerprint density at radius 2 is 1.88 bits per heavy atom. The highest BCUT2D eigenvalue weighted by Crippen LogP contribution is 2.20. The van der Waals surface area contributed by atoms with E-state index in [1.54, 1.807) is 0 Å². The number of fused-ring (bicyclic) bond motifs is 1. The van der Waals surface area contributed by atoms with E-state index in [9.17, 15) is 9.90 Å². The third kappa shape index (κ3) is 3.82. The maximum Gasteiger partial charge on any atom is 0.255 e. The first-order chi connectivity index (χ1) is 11.8. The van der Waals surface area contributed by atoms with Crippen molar-refractivity contribution in [3.63, 3.8) is 0 Å². The van der Waals surface area contributed by atoms with E-state index in [4.69, 9.17) is 0 Å². The molecule has 0 aliphatic carbocycles. The number of carbonyl (C=O) groups excluding carboxylic acids is 1. The second-order valence-corrected chi connectivity index (χ2v) is 7.87. The molecule has 1 saturated heterocycles. The Labute approximate surface area is 148 Å². The fourth-order valence-electron chi connectivity index (χ4n) is 2.97. The molecule has 1 fully saturated rings. The monoisotopic (exact) mass is 345 g/mol. The van der Waals surface area contributed by atoms with Gasteiger partial charge in [-0.25, -0.2) is 0 Å². The predicted octanol–water partition coefficient (Wildman–Crippen LogP) is 1.20. The number of piperazine rings is 1. The van der Waals surface area contributed by atoms with E-state index in [0.717, 1.165) is 24.6 Å². The van der Waals surface area contributed by atoms with E-state index >= 15 is 0 Å². The van der Waals surface area contributed by atoms with Crippen molar-refractivity contribution in [2.24, 2.45) is 5.41 Å². The maximum atomic E-state index is 12.8. The third-order valence-corrected chi connectivity index (χ3v) is 4.91. The number of β-amino-alcohol motifs (C(OH)–C–C–N with tert-alkyl or cyclic N) is 1. The second-order valence-electron chi connectivity index (χ2n) is 7.87. The summed E-state index contributed by atoms with van der Waals surface area (Å²) in [4.78, 5) is 16.9. The summed E-state index contributed by atoms with van der Waals surface area (Å²) in [5.41, 5.74) is 1.27. The van der Waals surface area contributed by atoms with Crippen LogP contribution >= 0.6 is 0 Å². The van der Waals surface area contributed by atoms with E-state index in [1.165, 1.54) is 0 Å². The van der Waals surface area contributed by atoms with Crippen molar-refractivity contribution < 1.29 is 9.90 Å². The number of rotatable bonds is 3. The van der Waals surface area contributed by atoms with Crippen LogP contribution in [-0.2, 0) is 0 Å². The number of hydrogen-bond acceptors (Lipinski definition) is 5. The van der Waals surface area contributed by atoms with Crippen molar-refractivity contribution in [1.82, 2.24) is 24.4 Å². The van der Waals surface area contributed by atoms with E-state index in [0.29, 0.717) is 25.2 Å². The van der Waals surface area contributed by atoms with Crippen molar-refractivity contribution in [2.75, 3.05) is 32.7 Å². The molecule has 1 atom stereocenters. The zero-order chi connectivity index (χ0) is 18.2. The van der Waals surface area contributed by atoms with Gasteiger partial charge in [-0.15, -0.1) is 10.2 Å². The Morgan fingerprint density at radius 1 is 1.20 bits per heavy atom. The molecule has 1 N–H and O–H groups in total. The minimum absolute atomic E-state index is 0.0334. The lowest BCUT2D eigenvalue weighted by Gasteiger charge is -2.38. The summed E-state index contributed by atoms with van der Waals surface area (Å²) < 4.78 is 1.84. The normalized spacial score (nSPS) is 17.9. The van der Waals surface area contributed by atoms with Crippen LogP contribution in [0, 0.1) is 12.3 Å². The lowest BCUT2D eigenvalue weighted by molar-refractivity contribution is 0.0137. The lowest BCUT2D eigenvalue weighted by Crippen LogP contribution is -2.51. The van der Waals surface area contributed by atoms with Crippen molar-refractivity contribution in [3.8, 4) is 0 Å². The van der Waals surface area contributed by atoms with E-state index < -0.39 is 0 Å². The lowest BCUT2D eigenvalue weighted by atomic mass is 9.89. The number of pyridine rings is 1. The van der Waals surface area contributed by atoms with Crippen LogP contribution in [-0.4, -0.2) is 74.2 Å². The number of carbonyl (C=O) groups is 1. The van der Waals surface area contributed by atoms with Gasteiger partial charge in [0.2, 0.25) is 0 Å². The Balaban J connectivity index is 1.62. The average molecular weight is 345 g/mol. The topological polar surface area (TPSA) is 74.0 Å². The van der Waals surface area contributed by atoms with Crippen LogP contribution < -0.4 is 0 Å². The van der Waals surface area contributed by atoms with Crippen molar-refractivity contribution in [3.05, 3.63) is 29.7 Å². The third-order valence-electron chi connectivity index (χ3n) is 4.91. The van der Waals surface area contributed by atoms with Gasteiger partial charge in [0, 0.05) is 38.9 Å². The van der Waals surface area contributed by atoms with Gasteiger partial charge < -0.3 is 10.0 Å². The van der Waals surface area contributed by atoms with Crippen LogP contribution in [0.2, 0.25) is 0 Å². The van der Waals surface area contributed by atoms with Gasteiger partial charge in [-0.2, -0.15) is 0 Å². The smallest absolute Gasteiger partial charge is 0.255 e. The second kappa shape index (κ2) is 6.72. The SMILES string of the molecule is Cc1nnc2ccc(C(=O)N3CCN(CC(O)C(C)(C)C)CC3)cn12. The molecule has 25 heavy (non-hydrogen) atoms. The minimum Gasteiger partial charge on any atom is -0.391 e. The molecular formula is C18H27N5O2. The summed E-state index contributed by atoms with van der Waals surface area (Å²) in [6.45, 7) is 11.6. The van der Waals surface area contributed by atoms with Crippen LogP contribution in [0.25, 0.3) is 5.65 Å². The van der Waals surface area contributed by atoms with Gasteiger partial charge in [0.25, 0.3) is 5.91 Å². The molecule has 0 bridgehead atoms. The number of amides is 1. The van der Waals surface area contributed by atoms with Gasteiger partial charge in [-0.05, 0) is 24.5 Å². The summed E-state index contributed by atoms with van der Waals surface area (Å²) in [6.07, 6.45) is 1.44. The van der Waals surface area contributed by atoms with Gasteiger partial charge >= 0.3 is 0 Å². The number of aliphatic hydroxyl groups is 1. The van der Waals surface area contributed by atoms with Gasteiger partial charge in [0.15, 0.2) is 5.65 Å². The number of nitrogens with zero attached hydrogens (tertiary/aromatic N) is 5. The molecule has 2 aromatic rings. The van der Waals surface area contributed by atoms with Crippen LogP contribution in [0.1, 0.15) is 37.0 Å². The first-order valence-electron chi connectivity index (χ1n) is 8.77. The molecule has 3 rings (SSSR count).